The highest BCUT2D eigenvalue weighted by Gasteiger charge is 1.95. The molecule has 0 fully saturated rings. The number of aliphatic hydroxyl groups excluding tert-OH is 2. The molecule has 0 saturated carbocycles. The Morgan fingerprint density at radius 2 is 2.00 bits per heavy atom. The summed E-state index contributed by atoms with van der Waals surface area (Å²) in [5.74, 6) is 0. The van der Waals surface area contributed by atoms with Crippen LogP contribution >= 0.6 is 0 Å². The fourth-order valence-electron chi connectivity index (χ4n) is 0.695. The average molecular weight is 205 g/mol. The van der Waals surface area contributed by atoms with Crippen molar-refractivity contribution in [2.75, 3.05) is 6.61 Å². The lowest BCUT2D eigenvalue weighted by molar-refractivity contribution is -0.109. The molecule has 14 heavy (non-hydrogen) atoms. The molecule has 0 radical (unpaired) electrons. The summed E-state index contributed by atoms with van der Waals surface area (Å²) in [6, 6.07) is -0.227. The van der Waals surface area contributed by atoms with E-state index in [0.717, 1.165) is 25.5 Å². The van der Waals surface area contributed by atoms with E-state index in [1.54, 1.807) is 6.92 Å². The fraction of sp³-hybridized carbons (Fsp3) is 0.900. The molecule has 0 aliphatic heterocycles. The monoisotopic (exact) mass is 205 g/mol. The second-order valence-corrected chi connectivity index (χ2v) is 3.30. The van der Waals surface area contributed by atoms with Crippen molar-refractivity contribution in [1.82, 2.24) is 0 Å². The molecule has 0 rings (SSSR count). The van der Waals surface area contributed by atoms with Crippen LogP contribution in [0, 0.1) is 0 Å². The van der Waals surface area contributed by atoms with Crippen LogP contribution in [-0.4, -0.2) is 35.3 Å². The first-order valence-electron chi connectivity index (χ1n) is 5.08. The van der Waals surface area contributed by atoms with Gasteiger partial charge in [-0.3, -0.25) is 0 Å². The van der Waals surface area contributed by atoms with Gasteiger partial charge in [-0.05, 0) is 19.8 Å². The summed E-state index contributed by atoms with van der Waals surface area (Å²) in [5.41, 5.74) is 5.29. The van der Waals surface area contributed by atoms with Crippen LogP contribution in [0.25, 0.3) is 0 Å². The van der Waals surface area contributed by atoms with E-state index < -0.39 is 0 Å². The Kier molecular flexibility index (Phi) is 14.3. The first-order valence-corrected chi connectivity index (χ1v) is 5.08. The molecule has 4 nitrogen and oxygen atoms in total. The predicted octanol–water partition coefficient (Wildman–Crippen LogP) is 0.452. The minimum absolute atomic E-state index is 0.0810. The lowest BCUT2D eigenvalue weighted by Crippen LogP contribution is -2.20. The number of unbranched alkanes of at least 4 members (excludes halogenated alkanes) is 1. The maximum atomic E-state index is 9.89. The maximum Gasteiger partial charge on any atom is 0.136 e. The van der Waals surface area contributed by atoms with Gasteiger partial charge in [0.2, 0.25) is 0 Å². The van der Waals surface area contributed by atoms with Crippen molar-refractivity contribution in [3.05, 3.63) is 0 Å². The molecule has 86 valence electrons. The van der Waals surface area contributed by atoms with E-state index in [9.17, 15) is 4.79 Å². The Hall–Kier alpha value is -0.450. The van der Waals surface area contributed by atoms with E-state index in [4.69, 9.17) is 15.9 Å². The molecule has 0 aromatic heterocycles. The number of nitrogens with two attached hydrogens (primary N) is 1. The van der Waals surface area contributed by atoms with Gasteiger partial charge in [0, 0.05) is 6.61 Å². The number of aldehydes is 1. The smallest absolute Gasteiger partial charge is 0.136 e. The summed E-state index contributed by atoms with van der Waals surface area (Å²) in [6.07, 6.45) is 3.94. The van der Waals surface area contributed by atoms with Crippen LogP contribution in [0.5, 0.6) is 0 Å². The second kappa shape index (κ2) is 12.6. The van der Waals surface area contributed by atoms with Gasteiger partial charge in [0.1, 0.15) is 6.29 Å². The number of hydrogen-bond acceptors (Lipinski definition) is 4. The zero-order valence-electron chi connectivity index (χ0n) is 9.15. The third-order valence-corrected chi connectivity index (χ3v) is 1.61. The molecule has 4 N–H and O–H groups in total. The van der Waals surface area contributed by atoms with Gasteiger partial charge in [0.05, 0.1) is 12.1 Å². The van der Waals surface area contributed by atoms with Gasteiger partial charge in [0.15, 0.2) is 0 Å². The minimum Gasteiger partial charge on any atom is -0.396 e. The normalized spacial score (nSPS) is 13.8. The van der Waals surface area contributed by atoms with Crippen LogP contribution in [0.4, 0.5) is 0 Å². The van der Waals surface area contributed by atoms with Gasteiger partial charge in [-0.25, -0.2) is 0 Å². The Balaban J connectivity index is 0. The highest BCUT2D eigenvalue weighted by atomic mass is 16.3. The van der Waals surface area contributed by atoms with Crippen molar-refractivity contribution in [2.24, 2.45) is 5.73 Å². The zero-order chi connectivity index (χ0) is 11.4. The van der Waals surface area contributed by atoms with E-state index >= 15 is 0 Å². The van der Waals surface area contributed by atoms with Gasteiger partial charge in [-0.1, -0.05) is 19.8 Å². The molecule has 0 bridgehead atoms. The second-order valence-electron chi connectivity index (χ2n) is 3.30. The molecule has 2 atom stereocenters. The van der Waals surface area contributed by atoms with E-state index in [0.29, 0.717) is 6.42 Å². The van der Waals surface area contributed by atoms with Crippen LogP contribution < -0.4 is 5.73 Å². The molecule has 0 aromatic rings. The number of rotatable bonds is 6. The minimum atomic E-state index is -0.352. The molecule has 0 spiro atoms. The number of hydrogen-bond donors (Lipinski definition) is 3. The van der Waals surface area contributed by atoms with Crippen molar-refractivity contribution >= 4 is 6.29 Å². The molecular weight excluding hydrogens is 182 g/mol. The molecule has 0 aliphatic rings. The van der Waals surface area contributed by atoms with Gasteiger partial charge >= 0.3 is 0 Å². The lowest BCUT2D eigenvalue weighted by atomic mass is 10.1. The Labute approximate surface area is 86.1 Å². The summed E-state index contributed by atoms with van der Waals surface area (Å²) in [7, 11) is 0. The van der Waals surface area contributed by atoms with Crippen molar-refractivity contribution < 1.29 is 15.0 Å². The molecule has 2 unspecified atom stereocenters. The Morgan fingerprint density at radius 1 is 1.43 bits per heavy atom. The molecular formula is C10H23NO3. The maximum absolute atomic E-state index is 9.89. The van der Waals surface area contributed by atoms with Crippen molar-refractivity contribution in [1.29, 1.82) is 0 Å². The van der Waals surface area contributed by atoms with Gasteiger partial charge < -0.3 is 20.7 Å². The largest absolute Gasteiger partial charge is 0.396 e. The van der Waals surface area contributed by atoms with Gasteiger partial charge in [0.25, 0.3) is 0 Å². The molecule has 0 amide bonds. The lowest BCUT2D eigenvalue weighted by Gasteiger charge is -1.98. The first-order chi connectivity index (χ1) is 6.58. The third kappa shape index (κ3) is 17.6. The average Bonchev–Trinajstić information content (AvgIpc) is 2.15. The summed E-state index contributed by atoms with van der Waals surface area (Å²) in [5, 5.41) is 16.5. The van der Waals surface area contributed by atoms with Crippen molar-refractivity contribution in [3.8, 4) is 0 Å². The SMILES string of the molecule is CC(O)CCO.CCCCC(N)C=O. The van der Waals surface area contributed by atoms with Crippen molar-refractivity contribution in [2.45, 2.75) is 51.7 Å². The van der Waals surface area contributed by atoms with E-state index in [2.05, 4.69) is 6.92 Å². The van der Waals surface area contributed by atoms with E-state index in [1.807, 2.05) is 0 Å². The number of carbonyl (C=O) groups is 1. The van der Waals surface area contributed by atoms with E-state index in [1.165, 1.54) is 0 Å². The highest BCUT2D eigenvalue weighted by molar-refractivity contribution is 5.56. The summed E-state index contributed by atoms with van der Waals surface area (Å²) in [4.78, 5) is 9.89. The van der Waals surface area contributed by atoms with Crippen LogP contribution in [-0.2, 0) is 4.79 Å². The Bertz CT molecular complexity index is 118. The van der Waals surface area contributed by atoms with Gasteiger partial charge in [-0.2, -0.15) is 0 Å². The van der Waals surface area contributed by atoms with E-state index in [-0.39, 0.29) is 18.8 Å². The van der Waals surface area contributed by atoms with Gasteiger partial charge in [-0.15, -0.1) is 0 Å². The van der Waals surface area contributed by atoms with Crippen LogP contribution in [0.1, 0.15) is 39.5 Å². The zero-order valence-corrected chi connectivity index (χ0v) is 9.15. The molecule has 0 heterocycles. The fourth-order valence-corrected chi connectivity index (χ4v) is 0.695. The predicted molar refractivity (Wildman–Crippen MR) is 56.9 cm³/mol. The number of carbonyl (C=O) groups excluding carboxylic acids is 1. The Morgan fingerprint density at radius 3 is 2.21 bits per heavy atom. The van der Waals surface area contributed by atoms with Crippen LogP contribution in [0.2, 0.25) is 0 Å². The number of aliphatic hydroxyl groups is 2. The van der Waals surface area contributed by atoms with Crippen LogP contribution in [0.15, 0.2) is 0 Å². The van der Waals surface area contributed by atoms with Crippen molar-refractivity contribution in [3.63, 3.8) is 0 Å². The summed E-state index contributed by atoms with van der Waals surface area (Å²) < 4.78 is 0. The first kappa shape index (κ1) is 16.0. The molecule has 0 saturated heterocycles. The highest BCUT2D eigenvalue weighted by Crippen LogP contribution is 1.94. The summed E-state index contributed by atoms with van der Waals surface area (Å²) >= 11 is 0. The topological polar surface area (TPSA) is 83.6 Å². The standard InChI is InChI=1S/C6H13NO.C4H10O2/c1-2-3-4-6(7)5-8;1-4(6)2-3-5/h5-6H,2-4,7H2,1H3;4-6H,2-3H2,1H3. The third-order valence-electron chi connectivity index (χ3n) is 1.61. The quantitative estimate of drug-likeness (QED) is 0.550. The summed E-state index contributed by atoms with van der Waals surface area (Å²) in [6.45, 7) is 3.81. The molecule has 0 aromatic carbocycles. The van der Waals surface area contributed by atoms with Crippen LogP contribution in [0.3, 0.4) is 0 Å². The molecule has 0 aliphatic carbocycles. The molecule has 4 heteroatoms.